The number of hydrogen-bond donors (Lipinski definition) is 2. The van der Waals surface area contributed by atoms with Gasteiger partial charge in [0.2, 0.25) is 5.91 Å². The van der Waals surface area contributed by atoms with Crippen LogP contribution in [0.4, 0.5) is 5.82 Å². The molecule has 1 aromatic carbocycles. The molecule has 0 saturated heterocycles. The van der Waals surface area contributed by atoms with Crippen LogP contribution in [0.2, 0.25) is 0 Å². The molecule has 2 aromatic rings. The Morgan fingerprint density at radius 3 is 2.93 bits per heavy atom. The molecule has 0 aliphatic heterocycles. The molecule has 0 unspecified atom stereocenters. The fourth-order valence-electron chi connectivity index (χ4n) is 1.43. The van der Waals surface area contributed by atoms with Crippen LogP contribution in [0.25, 0.3) is 10.8 Å². The Hall–Kier alpha value is -2.10. The first-order valence-electron chi connectivity index (χ1n) is 4.63. The molecular weight excluding hydrogens is 190 g/mol. The highest BCUT2D eigenvalue weighted by Crippen LogP contribution is 2.19. The topological polar surface area (TPSA) is 68.0 Å². The number of nitrogens with two attached hydrogens (primary N) is 1. The van der Waals surface area contributed by atoms with Gasteiger partial charge in [-0.15, -0.1) is 0 Å². The standard InChI is InChI=1S/C11H11N3O/c12-10(15)7-14-11-9-4-2-1-3-8(9)5-6-13-11/h1-6H,7H2,(H2,12,15)(H,13,14). The highest BCUT2D eigenvalue weighted by molar-refractivity contribution is 5.92. The fourth-order valence-corrected chi connectivity index (χ4v) is 1.43. The van der Waals surface area contributed by atoms with Crippen LogP contribution in [-0.2, 0) is 4.79 Å². The lowest BCUT2D eigenvalue weighted by Gasteiger charge is -2.06. The first-order valence-corrected chi connectivity index (χ1v) is 4.63. The largest absolute Gasteiger partial charge is 0.368 e. The van der Waals surface area contributed by atoms with E-state index in [4.69, 9.17) is 5.73 Å². The Kier molecular flexibility index (Phi) is 2.49. The minimum Gasteiger partial charge on any atom is -0.368 e. The zero-order valence-corrected chi connectivity index (χ0v) is 8.10. The molecule has 0 fully saturated rings. The van der Waals surface area contributed by atoms with Crippen molar-refractivity contribution in [3.05, 3.63) is 36.5 Å². The molecule has 0 saturated carbocycles. The molecule has 1 aromatic heterocycles. The van der Waals surface area contributed by atoms with Crippen molar-refractivity contribution in [2.45, 2.75) is 0 Å². The quantitative estimate of drug-likeness (QED) is 0.782. The highest BCUT2D eigenvalue weighted by atomic mass is 16.1. The number of primary amides is 1. The molecule has 4 nitrogen and oxygen atoms in total. The van der Waals surface area contributed by atoms with E-state index in [0.717, 1.165) is 10.8 Å². The second-order valence-electron chi connectivity index (χ2n) is 3.20. The summed E-state index contributed by atoms with van der Waals surface area (Å²) in [6, 6.07) is 9.75. The van der Waals surface area contributed by atoms with E-state index >= 15 is 0 Å². The van der Waals surface area contributed by atoms with Gasteiger partial charge < -0.3 is 11.1 Å². The number of rotatable bonds is 3. The van der Waals surface area contributed by atoms with Crippen molar-refractivity contribution < 1.29 is 4.79 Å². The van der Waals surface area contributed by atoms with Crippen molar-refractivity contribution >= 4 is 22.5 Å². The zero-order valence-electron chi connectivity index (χ0n) is 8.10. The summed E-state index contributed by atoms with van der Waals surface area (Å²) in [6.45, 7) is 0.0982. The first-order chi connectivity index (χ1) is 7.27. The summed E-state index contributed by atoms with van der Waals surface area (Å²) in [5.74, 6) is 0.289. The summed E-state index contributed by atoms with van der Waals surface area (Å²) >= 11 is 0. The number of benzene rings is 1. The van der Waals surface area contributed by atoms with Gasteiger partial charge in [-0.1, -0.05) is 24.3 Å². The number of fused-ring (bicyclic) bond motifs is 1. The summed E-state index contributed by atoms with van der Waals surface area (Å²) in [4.78, 5) is 14.8. The highest BCUT2D eigenvalue weighted by Gasteiger charge is 2.01. The minimum absolute atomic E-state index is 0.0982. The molecule has 0 spiro atoms. The average molecular weight is 201 g/mol. The zero-order chi connectivity index (χ0) is 10.7. The Morgan fingerprint density at radius 1 is 1.33 bits per heavy atom. The van der Waals surface area contributed by atoms with Crippen LogP contribution in [0, 0.1) is 0 Å². The van der Waals surface area contributed by atoms with E-state index in [9.17, 15) is 4.79 Å². The molecule has 76 valence electrons. The van der Waals surface area contributed by atoms with Crippen LogP contribution >= 0.6 is 0 Å². The molecule has 3 N–H and O–H groups in total. The van der Waals surface area contributed by atoms with Gasteiger partial charge in [0.25, 0.3) is 0 Å². The molecule has 1 amide bonds. The summed E-state index contributed by atoms with van der Waals surface area (Å²) < 4.78 is 0. The number of nitrogens with zero attached hydrogens (tertiary/aromatic N) is 1. The van der Waals surface area contributed by atoms with Gasteiger partial charge >= 0.3 is 0 Å². The third-order valence-electron chi connectivity index (χ3n) is 2.10. The van der Waals surface area contributed by atoms with E-state index < -0.39 is 5.91 Å². The van der Waals surface area contributed by atoms with Crippen molar-refractivity contribution in [3.63, 3.8) is 0 Å². The lowest BCUT2D eigenvalue weighted by Crippen LogP contribution is -2.22. The van der Waals surface area contributed by atoms with Crippen molar-refractivity contribution in [3.8, 4) is 0 Å². The van der Waals surface area contributed by atoms with Crippen LogP contribution < -0.4 is 11.1 Å². The number of carbonyl (C=O) groups is 1. The number of pyridine rings is 1. The molecule has 0 bridgehead atoms. The molecular formula is C11H11N3O. The molecule has 0 aliphatic rings. The maximum absolute atomic E-state index is 10.6. The van der Waals surface area contributed by atoms with E-state index in [2.05, 4.69) is 10.3 Å². The van der Waals surface area contributed by atoms with Crippen LogP contribution in [0.15, 0.2) is 36.5 Å². The van der Waals surface area contributed by atoms with E-state index in [-0.39, 0.29) is 6.54 Å². The van der Waals surface area contributed by atoms with Crippen LogP contribution in [0.5, 0.6) is 0 Å². The SMILES string of the molecule is NC(=O)CNc1nccc2ccccc12. The molecule has 4 heteroatoms. The summed E-state index contributed by atoms with van der Waals surface area (Å²) in [7, 11) is 0. The molecule has 0 atom stereocenters. The van der Waals surface area contributed by atoms with Gasteiger partial charge in [-0.25, -0.2) is 4.98 Å². The predicted octanol–water partition coefficient (Wildman–Crippen LogP) is 1.13. The number of carbonyl (C=O) groups excluding carboxylic acids is 1. The van der Waals surface area contributed by atoms with Crippen molar-refractivity contribution in [2.24, 2.45) is 5.73 Å². The lowest BCUT2D eigenvalue weighted by molar-refractivity contribution is -0.116. The Bertz CT molecular complexity index is 491. The monoisotopic (exact) mass is 201 g/mol. The third-order valence-corrected chi connectivity index (χ3v) is 2.10. The van der Waals surface area contributed by atoms with E-state index in [1.807, 2.05) is 30.3 Å². The normalized spacial score (nSPS) is 10.1. The second-order valence-corrected chi connectivity index (χ2v) is 3.20. The Balaban J connectivity index is 2.38. The predicted molar refractivity (Wildman–Crippen MR) is 59.4 cm³/mol. The second kappa shape index (κ2) is 3.96. The molecule has 2 rings (SSSR count). The van der Waals surface area contributed by atoms with Gasteiger partial charge in [0.1, 0.15) is 5.82 Å². The Morgan fingerprint density at radius 2 is 2.13 bits per heavy atom. The van der Waals surface area contributed by atoms with Gasteiger partial charge in [0.05, 0.1) is 6.54 Å². The van der Waals surface area contributed by atoms with Crippen LogP contribution in [-0.4, -0.2) is 17.4 Å². The van der Waals surface area contributed by atoms with Gasteiger partial charge in [-0.05, 0) is 11.5 Å². The van der Waals surface area contributed by atoms with E-state index in [0.29, 0.717) is 5.82 Å². The first kappa shape index (κ1) is 9.45. The van der Waals surface area contributed by atoms with Gasteiger partial charge in [0.15, 0.2) is 0 Å². The number of anilines is 1. The molecule has 1 heterocycles. The smallest absolute Gasteiger partial charge is 0.236 e. The maximum Gasteiger partial charge on any atom is 0.236 e. The van der Waals surface area contributed by atoms with Crippen molar-refractivity contribution in [1.82, 2.24) is 4.98 Å². The summed E-state index contributed by atoms with van der Waals surface area (Å²) in [5.41, 5.74) is 5.06. The van der Waals surface area contributed by atoms with Gasteiger partial charge in [-0.2, -0.15) is 0 Å². The number of aromatic nitrogens is 1. The average Bonchev–Trinajstić information content (AvgIpc) is 2.26. The van der Waals surface area contributed by atoms with Crippen LogP contribution in [0.3, 0.4) is 0 Å². The van der Waals surface area contributed by atoms with Crippen LogP contribution in [0.1, 0.15) is 0 Å². The Labute approximate surface area is 87.1 Å². The summed E-state index contributed by atoms with van der Waals surface area (Å²) in [5, 5.41) is 4.97. The lowest BCUT2D eigenvalue weighted by atomic mass is 10.1. The fraction of sp³-hybridized carbons (Fsp3) is 0.0909. The molecule has 15 heavy (non-hydrogen) atoms. The molecule has 0 radical (unpaired) electrons. The molecule has 0 aliphatic carbocycles. The van der Waals surface area contributed by atoms with E-state index in [1.54, 1.807) is 6.20 Å². The third kappa shape index (κ3) is 2.04. The van der Waals surface area contributed by atoms with Crippen molar-refractivity contribution in [2.75, 3.05) is 11.9 Å². The van der Waals surface area contributed by atoms with E-state index in [1.165, 1.54) is 0 Å². The van der Waals surface area contributed by atoms with Gasteiger partial charge in [0, 0.05) is 11.6 Å². The minimum atomic E-state index is -0.398. The van der Waals surface area contributed by atoms with Crippen molar-refractivity contribution in [1.29, 1.82) is 0 Å². The van der Waals surface area contributed by atoms with Gasteiger partial charge in [-0.3, -0.25) is 4.79 Å². The number of hydrogen-bond acceptors (Lipinski definition) is 3. The number of nitrogens with one attached hydrogen (secondary N) is 1. The summed E-state index contributed by atoms with van der Waals surface area (Å²) in [6.07, 6.45) is 1.70. The maximum atomic E-state index is 10.6. The number of amides is 1.